The lowest BCUT2D eigenvalue weighted by atomic mass is 10.0. The minimum atomic E-state index is -0.997. The lowest BCUT2D eigenvalue weighted by Crippen LogP contribution is -2.58. The third-order valence-electron chi connectivity index (χ3n) is 6.31. The Kier molecular flexibility index (Phi) is 6.25. The van der Waals surface area contributed by atoms with E-state index in [1.807, 2.05) is 37.3 Å². The summed E-state index contributed by atoms with van der Waals surface area (Å²) in [5.74, 6) is 0.388. The van der Waals surface area contributed by atoms with Crippen LogP contribution in [0.15, 0.2) is 72.8 Å². The van der Waals surface area contributed by atoms with Crippen molar-refractivity contribution in [1.29, 1.82) is 0 Å². The van der Waals surface area contributed by atoms with Crippen molar-refractivity contribution in [2.45, 2.75) is 26.1 Å². The molecule has 0 fully saturated rings. The molecule has 5 rings (SSSR count). The van der Waals surface area contributed by atoms with Crippen molar-refractivity contribution < 1.29 is 28.4 Å². The lowest BCUT2D eigenvalue weighted by Gasteiger charge is -2.24. The summed E-state index contributed by atoms with van der Waals surface area (Å²) in [7, 11) is 1.57. The molecule has 0 aliphatic carbocycles. The van der Waals surface area contributed by atoms with Crippen LogP contribution in [-0.4, -0.2) is 52.8 Å². The second-order valence-electron chi connectivity index (χ2n) is 8.78. The van der Waals surface area contributed by atoms with Gasteiger partial charge in [0, 0.05) is 6.54 Å². The number of fused-ring (bicyclic) bond motifs is 3. The van der Waals surface area contributed by atoms with Gasteiger partial charge in [0.1, 0.15) is 18.0 Å². The molecule has 0 saturated heterocycles. The molecule has 36 heavy (non-hydrogen) atoms. The predicted molar refractivity (Wildman–Crippen MR) is 132 cm³/mol. The van der Waals surface area contributed by atoms with Crippen molar-refractivity contribution in [1.82, 2.24) is 10.2 Å². The van der Waals surface area contributed by atoms with E-state index in [2.05, 4.69) is 5.32 Å². The molecule has 1 unspecified atom stereocenters. The summed E-state index contributed by atoms with van der Waals surface area (Å²) in [6, 6.07) is 21.6. The fourth-order valence-corrected chi connectivity index (χ4v) is 4.36. The van der Waals surface area contributed by atoms with Gasteiger partial charge in [0.25, 0.3) is 12.0 Å². The molecule has 0 saturated carbocycles. The second kappa shape index (κ2) is 9.65. The van der Waals surface area contributed by atoms with Crippen LogP contribution in [0.2, 0.25) is 0 Å². The molecular weight excluding hydrogens is 458 g/mol. The highest BCUT2D eigenvalue weighted by molar-refractivity contribution is 6.22. The van der Waals surface area contributed by atoms with Gasteiger partial charge in [-0.3, -0.25) is 4.79 Å². The number of hydrogen-bond acceptors (Lipinski definition) is 5. The highest BCUT2D eigenvalue weighted by atomic mass is 16.5. The minimum Gasteiger partial charge on any atom is -0.497 e. The third kappa shape index (κ3) is 4.45. The third-order valence-corrected chi connectivity index (χ3v) is 6.31. The number of ether oxygens (including phenoxy) is 2. The molecule has 2 heterocycles. The van der Waals surface area contributed by atoms with Crippen LogP contribution >= 0.6 is 0 Å². The van der Waals surface area contributed by atoms with Crippen molar-refractivity contribution >= 4 is 23.6 Å². The van der Waals surface area contributed by atoms with Crippen molar-refractivity contribution in [3.8, 4) is 11.5 Å². The number of rotatable bonds is 7. The van der Waals surface area contributed by atoms with E-state index in [4.69, 9.17) is 9.47 Å². The van der Waals surface area contributed by atoms with Crippen LogP contribution in [0.3, 0.4) is 0 Å². The Morgan fingerprint density at radius 2 is 1.69 bits per heavy atom. The number of benzene rings is 3. The first-order chi connectivity index (χ1) is 17.4. The minimum absolute atomic E-state index is 0.0482. The topological polar surface area (TPSA) is 87.9 Å². The Bertz CT molecular complexity index is 1360. The predicted octanol–water partition coefficient (Wildman–Crippen LogP) is 3.05. The number of imide groups is 1. The zero-order chi connectivity index (χ0) is 25.2. The number of para-hydroxylation sites is 1. The molecule has 8 heteroatoms. The van der Waals surface area contributed by atoms with Crippen LogP contribution < -0.4 is 14.8 Å². The van der Waals surface area contributed by atoms with E-state index in [0.717, 1.165) is 21.6 Å². The molecule has 4 amide bonds. The van der Waals surface area contributed by atoms with Gasteiger partial charge in [0.2, 0.25) is 0 Å². The van der Waals surface area contributed by atoms with E-state index >= 15 is 0 Å². The first-order valence-electron chi connectivity index (χ1n) is 11.7. The monoisotopic (exact) mass is 484 g/mol. The van der Waals surface area contributed by atoms with Crippen molar-refractivity contribution in [3.05, 3.63) is 95.1 Å². The quantitative estimate of drug-likeness (QED) is 0.521. The maximum absolute atomic E-state index is 13.6. The Morgan fingerprint density at radius 3 is 2.42 bits per heavy atom. The fraction of sp³-hybridized carbons (Fsp3) is 0.214. The normalized spacial score (nSPS) is 16.4. The van der Waals surface area contributed by atoms with E-state index in [9.17, 15) is 14.4 Å². The summed E-state index contributed by atoms with van der Waals surface area (Å²) >= 11 is 0. The van der Waals surface area contributed by atoms with E-state index in [-0.39, 0.29) is 19.0 Å². The van der Waals surface area contributed by atoms with Gasteiger partial charge in [-0.25, -0.2) is 4.79 Å². The summed E-state index contributed by atoms with van der Waals surface area (Å²) in [6.07, 6.45) is -0.997. The highest BCUT2D eigenvalue weighted by Gasteiger charge is 2.53. The Morgan fingerprint density at radius 1 is 1.00 bits per heavy atom. The molecule has 8 nitrogen and oxygen atoms in total. The van der Waals surface area contributed by atoms with Crippen LogP contribution in [0.25, 0.3) is 0 Å². The number of aryl methyl sites for hydroxylation is 1. The maximum Gasteiger partial charge on any atom is 0.501 e. The molecule has 3 aromatic rings. The number of carbonyl (C=O) groups is 3. The summed E-state index contributed by atoms with van der Waals surface area (Å²) in [4.78, 5) is 41.1. The van der Waals surface area contributed by atoms with Crippen molar-refractivity contribution in [2.75, 3.05) is 13.7 Å². The van der Waals surface area contributed by atoms with Gasteiger partial charge in [-0.05, 0) is 42.3 Å². The zero-order valence-electron chi connectivity index (χ0n) is 20.1. The Labute approximate surface area is 208 Å². The standard InChI is InChI=1S/C28H25N3O5/c1-18-7-9-19(10-8-18)15-29-24(32)17-30-25-22-5-3-4-6-23(22)36-26(25)27(33)31(28(30)34)16-20-11-13-21(35-2)14-12-20/h3-14,26H,15-17H2,1-2H3/p+1. The molecule has 0 bridgehead atoms. The van der Waals surface area contributed by atoms with E-state index in [0.29, 0.717) is 29.3 Å². The lowest BCUT2D eigenvalue weighted by molar-refractivity contribution is -0.429. The van der Waals surface area contributed by atoms with Gasteiger partial charge in [-0.1, -0.05) is 54.1 Å². The van der Waals surface area contributed by atoms with E-state index < -0.39 is 18.0 Å². The largest absolute Gasteiger partial charge is 0.501 e. The van der Waals surface area contributed by atoms with Crippen molar-refractivity contribution in [2.24, 2.45) is 0 Å². The average molecular weight is 485 g/mol. The summed E-state index contributed by atoms with van der Waals surface area (Å²) in [5, 5.41) is 2.87. The van der Waals surface area contributed by atoms with Crippen LogP contribution in [-0.2, 0) is 22.7 Å². The molecule has 0 aromatic heterocycles. The second-order valence-corrected chi connectivity index (χ2v) is 8.78. The molecule has 2 aliphatic rings. The van der Waals surface area contributed by atoms with E-state index in [1.165, 1.54) is 4.58 Å². The van der Waals surface area contributed by atoms with Gasteiger partial charge in [0.15, 0.2) is 12.3 Å². The first kappa shape index (κ1) is 23.3. The van der Waals surface area contributed by atoms with Gasteiger partial charge < -0.3 is 14.8 Å². The molecule has 182 valence electrons. The number of methoxy groups -OCH3 is 1. The van der Waals surface area contributed by atoms with Crippen LogP contribution in [0.1, 0.15) is 22.3 Å². The Hall–Kier alpha value is -4.46. The number of nitrogens with one attached hydrogen (secondary N) is 1. The summed E-state index contributed by atoms with van der Waals surface area (Å²) in [6.45, 7) is 2.15. The van der Waals surface area contributed by atoms with Crippen LogP contribution in [0, 0.1) is 6.92 Å². The SMILES string of the molecule is COc1ccc(CN2C(=O)C3Oc4ccccc4C3=[N+](CC(=O)NCc3ccc(C)cc3)C2=O)cc1. The van der Waals surface area contributed by atoms with Gasteiger partial charge >= 0.3 is 11.9 Å². The molecule has 1 N–H and O–H groups in total. The smallest absolute Gasteiger partial charge is 0.497 e. The maximum atomic E-state index is 13.6. The number of hydrogen-bond donors (Lipinski definition) is 1. The molecule has 3 aromatic carbocycles. The highest BCUT2D eigenvalue weighted by Crippen LogP contribution is 2.32. The summed E-state index contributed by atoms with van der Waals surface area (Å²) < 4.78 is 12.5. The Balaban J connectivity index is 1.43. The first-order valence-corrected chi connectivity index (χ1v) is 11.7. The van der Waals surface area contributed by atoms with Crippen LogP contribution in [0.4, 0.5) is 4.79 Å². The number of urea groups is 1. The number of amides is 4. The van der Waals surface area contributed by atoms with Crippen molar-refractivity contribution in [3.63, 3.8) is 0 Å². The molecule has 2 aliphatic heterocycles. The van der Waals surface area contributed by atoms with Gasteiger partial charge in [-0.15, -0.1) is 0 Å². The zero-order valence-corrected chi connectivity index (χ0v) is 20.1. The number of nitrogens with zero attached hydrogens (tertiary/aromatic N) is 2. The average Bonchev–Trinajstić information content (AvgIpc) is 3.29. The summed E-state index contributed by atoms with van der Waals surface area (Å²) in [5.41, 5.74) is 3.88. The fourth-order valence-electron chi connectivity index (χ4n) is 4.36. The van der Waals surface area contributed by atoms with E-state index in [1.54, 1.807) is 49.6 Å². The number of carbonyl (C=O) groups excluding carboxylic acids is 3. The van der Waals surface area contributed by atoms with Gasteiger partial charge in [-0.2, -0.15) is 14.3 Å². The molecular formula is C28H26N3O5+. The molecule has 1 atom stereocenters. The van der Waals surface area contributed by atoms with Crippen LogP contribution in [0.5, 0.6) is 11.5 Å². The molecule has 0 spiro atoms. The van der Waals surface area contributed by atoms with Gasteiger partial charge in [0.05, 0.1) is 12.7 Å². The molecule has 0 radical (unpaired) electrons.